The zero-order valence-corrected chi connectivity index (χ0v) is 14.1. The summed E-state index contributed by atoms with van der Waals surface area (Å²) in [5.74, 6) is 0.0132. The van der Waals surface area contributed by atoms with E-state index in [0.717, 1.165) is 38.8 Å². The predicted octanol–water partition coefficient (Wildman–Crippen LogP) is 2.57. The van der Waals surface area contributed by atoms with Crippen molar-refractivity contribution in [3.05, 3.63) is 53.3 Å². The number of rotatable bonds is 3. The van der Waals surface area contributed by atoms with Crippen LogP contribution in [0.4, 0.5) is 0 Å². The van der Waals surface area contributed by atoms with Gasteiger partial charge in [0.2, 0.25) is 0 Å². The molecule has 1 N–H and O–H groups in total. The number of aromatic nitrogens is 2. The second kappa shape index (κ2) is 6.40. The molecule has 126 valence electrons. The van der Waals surface area contributed by atoms with E-state index in [4.69, 9.17) is 0 Å². The number of hydrogen-bond donors (Lipinski definition) is 1. The second-order valence-electron chi connectivity index (χ2n) is 6.85. The fraction of sp³-hybridized carbons (Fsp3) is 0.474. The van der Waals surface area contributed by atoms with Crippen molar-refractivity contribution in [2.45, 2.75) is 37.8 Å². The SMILES string of the molecule is CN(C(=O)c1ccn(C2CCCNC2)n1)C1CCc2ccccc21. The molecule has 2 atom stereocenters. The first-order valence-electron chi connectivity index (χ1n) is 8.85. The van der Waals surface area contributed by atoms with E-state index in [-0.39, 0.29) is 11.9 Å². The standard InChI is InChI=1S/C19H24N4O/c1-22(18-9-8-14-5-2-3-7-16(14)18)19(24)17-10-12-23(21-17)15-6-4-11-20-13-15/h2-3,5,7,10,12,15,18,20H,4,6,8-9,11,13H2,1H3. The highest BCUT2D eigenvalue weighted by atomic mass is 16.2. The monoisotopic (exact) mass is 324 g/mol. The predicted molar refractivity (Wildman–Crippen MR) is 93.0 cm³/mol. The maximum absolute atomic E-state index is 12.9. The largest absolute Gasteiger partial charge is 0.333 e. The van der Waals surface area contributed by atoms with Gasteiger partial charge in [0, 0.05) is 19.8 Å². The number of hydrogen-bond acceptors (Lipinski definition) is 3. The normalized spacial score (nSPS) is 23.0. The van der Waals surface area contributed by atoms with E-state index in [1.807, 2.05) is 28.9 Å². The lowest BCUT2D eigenvalue weighted by Gasteiger charge is -2.25. The molecular weight excluding hydrogens is 300 g/mol. The van der Waals surface area contributed by atoms with Crippen LogP contribution < -0.4 is 5.32 Å². The van der Waals surface area contributed by atoms with Crippen LogP contribution in [0.5, 0.6) is 0 Å². The lowest BCUT2D eigenvalue weighted by molar-refractivity contribution is 0.0723. The molecule has 1 saturated heterocycles. The Hall–Kier alpha value is -2.14. The van der Waals surface area contributed by atoms with Crippen molar-refractivity contribution in [3.63, 3.8) is 0 Å². The van der Waals surface area contributed by atoms with Gasteiger partial charge in [-0.05, 0) is 49.4 Å². The van der Waals surface area contributed by atoms with Gasteiger partial charge in [0.1, 0.15) is 5.69 Å². The molecule has 0 bridgehead atoms. The number of carbonyl (C=O) groups is 1. The van der Waals surface area contributed by atoms with Crippen LogP contribution >= 0.6 is 0 Å². The summed E-state index contributed by atoms with van der Waals surface area (Å²) in [4.78, 5) is 14.7. The second-order valence-corrected chi connectivity index (χ2v) is 6.85. The highest BCUT2D eigenvalue weighted by Gasteiger charge is 2.30. The Bertz CT molecular complexity index is 732. The summed E-state index contributed by atoms with van der Waals surface area (Å²) >= 11 is 0. The van der Waals surface area contributed by atoms with Crippen molar-refractivity contribution in [1.82, 2.24) is 20.0 Å². The van der Waals surface area contributed by atoms with Gasteiger partial charge in [0.15, 0.2) is 0 Å². The van der Waals surface area contributed by atoms with Crippen LogP contribution in [0.1, 0.15) is 53.0 Å². The molecule has 2 heterocycles. The van der Waals surface area contributed by atoms with Crippen LogP contribution in [-0.4, -0.2) is 40.7 Å². The average Bonchev–Trinajstić information content (AvgIpc) is 3.28. The van der Waals surface area contributed by atoms with Gasteiger partial charge in [-0.2, -0.15) is 5.10 Å². The molecule has 5 nitrogen and oxygen atoms in total. The van der Waals surface area contributed by atoms with Crippen molar-refractivity contribution < 1.29 is 4.79 Å². The Balaban J connectivity index is 1.51. The van der Waals surface area contributed by atoms with Crippen LogP contribution in [0.3, 0.4) is 0 Å². The van der Waals surface area contributed by atoms with Crippen LogP contribution in [0.25, 0.3) is 0 Å². The highest BCUT2D eigenvalue weighted by Crippen LogP contribution is 2.35. The number of piperidine rings is 1. The van der Waals surface area contributed by atoms with E-state index in [9.17, 15) is 4.79 Å². The average molecular weight is 324 g/mol. The van der Waals surface area contributed by atoms with Crippen molar-refractivity contribution in [2.24, 2.45) is 0 Å². The van der Waals surface area contributed by atoms with Gasteiger partial charge in [0.05, 0.1) is 12.1 Å². The molecule has 1 aromatic heterocycles. The van der Waals surface area contributed by atoms with Crippen molar-refractivity contribution in [2.75, 3.05) is 20.1 Å². The molecule has 2 aliphatic rings. The minimum absolute atomic E-state index is 0.0132. The van der Waals surface area contributed by atoms with Crippen molar-refractivity contribution in [1.29, 1.82) is 0 Å². The van der Waals surface area contributed by atoms with E-state index in [0.29, 0.717) is 11.7 Å². The van der Waals surface area contributed by atoms with Gasteiger partial charge in [0.25, 0.3) is 5.91 Å². The van der Waals surface area contributed by atoms with Crippen LogP contribution in [0.2, 0.25) is 0 Å². The zero-order valence-electron chi connectivity index (χ0n) is 14.1. The number of nitrogens with one attached hydrogen (secondary N) is 1. The number of fused-ring (bicyclic) bond motifs is 1. The quantitative estimate of drug-likeness (QED) is 0.944. The van der Waals surface area contributed by atoms with Crippen molar-refractivity contribution in [3.8, 4) is 0 Å². The molecule has 1 aliphatic carbocycles. The zero-order chi connectivity index (χ0) is 16.5. The number of aryl methyl sites for hydroxylation is 1. The lowest BCUT2D eigenvalue weighted by atomic mass is 10.1. The fourth-order valence-electron chi connectivity index (χ4n) is 3.97. The molecule has 2 aromatic rings. The Labute approximate surface area is 142 Å². The minimum Gasteiger partial charge on any atom is -0.333 e. The summed E-state index contributed by atoms with van der Waals surface area (Å²) in [5.41, 5.74) is 3.19. The maximum atomic E-state index is 12.9. The van der Waals surface area contributed by atoms with Gasteiger partial charge in [-0.15, -0.1) is 0 Å². The van der Waals surface area contributed by atoms with Crippen LogP contribution in [0, 0.1) is 0 Å². The Kier molecular flexibility index (Phi) is 4.10. The van der Waals surface area contributed by atoms with E-state index < -0.39 is 0 Å². The molecular formula is C19H24N4O. The summed E-state index contributed by atoms with van der Waals surface area (Å²) in [6.45, 7) is 2.01. The summed E-state index contributed by atoms with van der Waals surface area (Å²) < 4.78 is 1.95. The van der Waals surface area contributed by atoms with Crippen LogP contribution in [0.15, 0.2) is 36.5 Å². The number of nitrogens with zero attached hydrogens (tertiary/aromatic N) is 3. The molecule has 2 unspecified atom stereocenters. The third kappa shape index (κ3) is 2.73. The van der Waals surface area contributed by atoms with Crippen LogP contribution in [-0.2, 0) is 6.42 Å². The van der Waals surface area contributed by atoms with Gasteiger partial charge in [-0.25, -0.2) is 0 Å². The molecule has 5 heteroatoms. The third-order valence-corrected chi connectivity index (χ3v) is 5.36. The first kappa shape index (κ1) is 15.4. The number of benzene rings is 1. The summed E-state index contributed by atoms with van der Waals surface area (Å²) in [7, 11) is 1.90. The Morgan fingerprint density at radius 3 is 3.00 bits per heavy atom. The van der Waals surface area contributed by atoms with Gasteiger partial charge < -0.3 is 10.2 Å². The minimum atomic E-state index is 0.0132. The van der Waals surface area contributed by atoms with Gasteiger partial charge in [-0.1, -0.05) is 24.3 Å². The Morgan fingerprint density at radius 1 is 1.29 bits per heavy atom. The smallest absolute Gasteiger partial charge is 0.274 e. The molecule has 4 rings (SSSR count). The van der Waals surface area contributed by atoms with Gasteiger partial charge >= 0.3 is 0 Å². The Morgan fingerprint density at radius 2 is 2.17 bits per heavy atom. The first-order valence-corrected chi connectivity index (χ1v) is 8.85. The molecule has 24 heavy (non-hydrogen) atoms. The first-order chi connectivity index (χ1) is 11.7. The van der Waals surface area contributed by atoms with E-state index in [1.54, 1.807) is 0 Å². The number of amides is 1. The summed E-state index contributed by atoms with van der Waals surface area (Å²) in [5, 5.41) is 7.96. The molecule has 0 radical (unpaired) electrons. The van der Waals surface area contributed by atoms with E-state index >= 15 is 0 Å². The topological polar surface area (TPSA) is 50.2 Å². The third-order valence-electron chi connectivity index (χ3n) is 5.36. The summed E-state index contributed by atoms with van der Waals surface area (Å²) in [6.07, 6.45) is 6.26. The highest BCUT2D eigenvalue weighted by molar-refractivity contribution is 5.92. The molecule has 1 aromatic carbocycles. The molecule has 1 fully saturated rings. The van der Waals surface area contributed by atoms with E-state index in [2.05, 4.69) is 34.7 Å². The molecule has 0 saturated carbocycles. The van der Waals surface area contributed by atoms with Crippen molar-refractivity contribution >= 4 is 5.91 Å². The van der Waals surface area contributed by atoms with E-state index in [1.165, 1.54) is 11.1 Å². The molecule has 0 spiro atoms. The molecule has 1 amide bonds. The van der Waals surface area contributed by atoms with Gasteiger partial charge in [-0.3, -0.25) is 9.48 Å². The lowest BCUT2D eigenvalue weighted by Crippen LogP contribution is -2.33. The fourth-order valence-corrected chi connectivity index (χ4v) is 3.97. The summed E-state index contributed by atoms with van der Waals surface area (Å²) in [6, 6.07) is 10.8. The molecule has 1 aliphatic heterocycles. The maximum Gasteiger partial charge on any atom is 0.274 e. The number of carbonyl (C=O) groups excluding carboxylic acids is 1.